The monoisotopic (exact) mass is 320 g/mol. The molecule has 0 fully saturated rings. The van der Waals surface area contributed by atoms with Gasteiger partial charge < -0.3 is 5.32 Å². The molecule has 120 valence electrons. The van der Waals surface area contributed by atoms with Crippen LogP contribution in [0.15, 0.2) is 17.0 Å². The third-order valence-corrected chi connectivity index (χ3v) is 4.97. The Kier molecular flexibility index (Phi) is 6.24. The molecule has 1 rings (SSSR count). The van der Waals surface area contributed by atoms with E-state index in [9.17, 15) is 17.2 Å². The van der Waals surface area contributed by atoms with Crippen molar-refractivity contribution in [2.45, 2.75) is 32.2 Å². The Morgan fingerprint density at radius 1 is 1.19 bits per heavy atom. The van der Waals surface area contributed by atoms with Crippen LogP contribution in [0.3, 0.4) is 0 Å². The van der Waals surface area contributed by atoms with E-state index >= 15 is 0 Å². The summed E-state index contributed by atoms with van der Waals surface area (Å²) in [6.45, 7) is 5.98. The fourth-order valence-corrected chi connectivity index (χ4v) is 2.92. The zero-order chi connectivity index (χ0) is 16.2. The van der Waals surface area contributed by atoms with Gasteiger partial charge in [-0.3, -0.25) is 0 Å². The maximum Gasteiger partial charge on any atom is 0.243 e. The average Bonchev–Trinajstić information content (AvgIpc) is 2.40. The Hall–Kier alpha value is -1.05. The Labute approximate surface area is 125 Å². The highest BCUT2D eigenvalue weighted by Crippen LogP contribution is 2.21. The van der Waals surface area contributed by atoms with E-state index in [1.54, 1.807) is 0 Å². The fraction of sp³-hybridized carbons (Fsp3) is 0.571. The lowest BCUT2D eigenvalue weighted by Gasteiger charge is -2.17. The van der Waals surface area contributed by atoms with Crippen LogP contribution in [0.25, 0.3) is 0 Å². The molecule has 0 spiro atoms. The van der Waals surface area contributed by atoms with Crippen LogP contribution in [0.1, 0.15) is 26.3 Å². The van der Waals surface area contributed by atoms with Crippen LogP contribution in [0, 0.1) is 23.5 Å². The summed E-state index contributed by atoms with van der Waals surface area (Å²) in [4.78, 5) is -0.523. The third-order valence-electron chi connectivity index (χ3n) is 3.53. The maximum atomic E-state index is 14.2. The van der Waals surface area contributed by atoms with Gasteiger partial charge in [-0.1, -0.05) is 20.8 Å². The Morgan fingerprint density at radius 3 is 2.33 bits per heavy atom. The minimum Gasteiger partial charge on any atom is -0.315 e. The second-order valence-corrected chi connectivity index (χ2v) is 7.18. The summed E-state index contributed by atoms with van der Waals surface area (Å²) >= 11 is 0. The number of sulfonamides is 1. The summed E-state index contributed by atoms with van der Waals surface area (Å²) < 4.78 is 54.4. The molecule has 1 aromatic carbocycles. The highest BCUT2D eigenvalue weighted by Gasteiger charge is 2.24. The summed E-state index contributed by atoms with van der Waals surface area (Å²) in [5, 5.41) is 2.61. The molecule has 1 aromatic rings. The molecule has 0 aliphatic carbocycles. The number of nitrogens with one attached hydrogen (secondary N) is 2. The predicted octanol–water partition coefficient (Wildman–Crippen LogP) is 2.25. The second kappa shape index (κ2) is 7.29. The topological polar surface area (TPSA) is 58.2 Å². The van der Waals surface area contributed by atoms with Crippen molar-refractivity contribution in [1.29, 1.82) is 0 Å². The van der Waals surface area contributed by atoms with Gasteiger partial charge in [0.05, 0.1) is 0 Å². The normalized spacial score (nSPS) is 13.7. The lowest BCUT2D eigenvalue weighted by molar-refractivity contribution is 0.414. The van der Waals surface area contributed by atoms with Gasteiger partial charge in [0.1, 0.15) is 10.7 Å². The van der Waals surface area contributed by atoms with Crippen LogP contribution in [0.5, 0.6) is 0 Å². The first-order valence-corrected chi connectivity index (χ1v) is 8.30. The van der Waals surface area contributed by atoms with Crippen molar-refractivity contribution in [1.82, 2.24) is 10.0 Å². The van der Waals surface area contributed by atoms with Crippen molar-refractivity contribution >= 4 is 10.0 Å². The average molecular weight is 320 g/mol. The van der Waals surface area contributed by atoms with Crippen LogP contribution in [-0.2, 0) is 16.6 Å². The summed E-state index contributed by atoms with van der Waals surface area (Å²) in [5.41, 5.74) is -0.280. The second-order valence-electron chi connectivity index (χ2n) is 5.44. The van der Waals surface area contributed by atoms with E-state index in [0.717, 1.165) is 12.1 Å². The smallest absolute Gasteiger partial charge is 0.243 e. The van der Waals surface area contributed by atoms with Crippen LogP contribution in [-0.4, -0.2) is 22.0 Å². The number of hydrogen-bond donors (Lipinski definition) is 2. The van der Waals surface area contributed by atoms with E-state index in [-0.39, 0.29) is 24.6 Å². The number of rotatable bonds is 7. The summed E-state index contributed by atoms with van der Waals surface area (Å²) in [6, 6.07) is 1.92. The fourth-order valence-electron chi connectivity index (χ4n) is 1.68. The zero-order valence-electron chi connectivity index (χ0n) is 12.7. The van der Waals surface area contributed by atoms with E-state index in [0.29, 0.717) is 5.92 Å². The third kappa shape index (κ3) is 4.46. The van der Waals surface area contributed by atoms with Gasteiger partial charge in [-0.2, -0.15) is 0 Å². The molecule has 2 N–H and O–H groups in total. The minimum atomic E-state index is -4.00. The van der Waals surface area contributed by atoms with Gasteiger partial charge in [-0.25, -0.2) is 21.9 Å². The summed E-state index contributed by atoms with van der Waals surface area (Å²) in [5.74, 6) is -1.41. The molecule has 0 amide bonds. The molecule has 0 aromatic heterocycles. The first-order chi connectivity index (χ1) is 9.70. The molecule has 0 aliphatic rings. The molecule has 4 nitrogen and oxygen atoms in total. The zero-order valence-corrected chi connectivity index (χ0v) is 13.5. The first-order valence-electron chi connectivity index (χ1n) is 6.81. The van der Waals surface area contributed by atoms with Crippen molar-refractivity contribution in [2.24, 2.45) is 11.8 Å². The molecule has 0 aliphatic heterocycles. The molecule has 21 heavy (non-hydrogen) atoms. The molecular weight excluding hydrogens is 298 g/mol. The molecule has 7 heteroatoms. The van der Waals surface area contributed by atoms with Gasteiger partial charge in [0.15, 0.2) is 5.82 Å². The van der Waals surface area contributed by atoms with E-state index in [2.05, 4.69) is 10.0 Å². The van der Waals surface area contributed by atoms with E-state index in [1.165, 1.54) is 7.05 Å². The van der Waals surface area contributed by atoms with Gasteiger partial charge in [0.25, 0.3) is 0 Å². The number of hydrogen-bond acceptors (Lipinski definition) is 3. The van der Waals surface area contributed by atoms with Crippen LogP contribution < -0.4 is 10.0 Å². The minimum absolute atomic E-state index is 0.0799. The van der Waals surface area contributed by atoms with Gasteiger partial charge in [0, 0.05) is 18.7 Å². The van der Waals surface area contributed by atoms with E-state index in [1.807, 2.05) is 20.8 Å². The molecule has 0 radical (unpaired) electrons. The van der Waals surface area contributed by atoms with Crippen LogP contribution >= 0.6 is 0 Å². The predicted molar refractivity (Wildman–Crippen MR) is 78.3 cm³/mol. The quantitative estimate of drug-likeness (QED) is 0.810. The molecule has 0 saturated carbocycles. The molecule has 1 atom stereocenters. The largest absolute Gasteiger partial charge is 0.315 e. The molecule has 1 unspecified atom stereocenters. The van der Waals surface area contributed by atoms with Crippen molar-refractivity contribution < 1.29 is 17.2 Å². The standard InChI is InChI=1S/C14H22F2N2O2S/c1-9(2)10(3)7-18-21(19,20)13-6-5-12(15)11(8-17-4)14(13)16/h5-6,9-10,17-18H,7-8H2,1-4H3. The molecule has 0 saturated heterocycles. The molecular formula is C14H22F2N2O2S. The number of benzene rings is 1. The van der Waals surface area contributed by atoms with Gasteiger partial charge in [0.2, 0.25) is 10.0 Å². The SMILES string of the molecule is CNCc1c(F)ccc(S(=O)(=O)NCC(C)C(C)C)c1F. The van der Waals surface area contributed by atoms with Gasteiger partial charge >= 0.3 is 0 Å². The van der Waals surface area contributed by atoms with Crippen molar-refractivity contribution in [3.63, 3.8) is 0 Å². The van der Waals surface area contributed by atoms with E-state index < -0.39 is 26.6 Å². The lowest BCUT2D eigenvalue weighted by Crippen LogP contribution is -2.31. The van der Waals surface area contributed by atoms with Crippen LogP contribution in [0.4, 0.5) is 8.78 Å². The Morgan fingerprint density at radius 2 is 1.81 bits per heavy atom. The summed E-state index contributed by atoms with van der Waals surface area (Å²) in [7, 11) is -2.47. The summed E-state index contributed by atoms with van der Waals surface area (Å²) in [6.07, 6.45) is 0. The van der Waals surface area contributed by atoms with Crippen molar-refractivity contribution in [3.8, 4) is 0 Å². The van der Waals surface area contributed by atoms with Crippen LogP contribution in [0.2, 0.25) is 0 Å². The Bertz CT molecular complexity index is 589. The highest BCUT2D eigenvalue weighted by molar-refractivity contribution is 7.89. The number of halogens is 2. The highest BCUT2D eigenvalue weighted by atomic mass is 32.2. The Balaban J connectivity index is 3.06. The van der Waals surface area contributed by atoms with Gasteiger partial charge in [-0.05, 0) is 31.0 Å². The molecule has 0 heterocycles. The molecule has 0 bridgehead atoms. The first kappa shape index (κ1) is 18.0. The van der Waals surface area contributed by atoms with E-state index in [4.69, 9.17) is 0 Å². The van der Waals surface area contributed by atoms with Gasteiger partial charge in [-0.15, -0.1) is 0 Å². The maximum absolute atomic E-state index is 14.2. The van der Waals surface area contributed by atoms with Crippen molar-refractivity contribution in [2.75, 3.05) is 13.6 Å². The van der Waals surface area contributed by atoms with Crippen molar-refractivity contribution in [3.05, 3.63) is 29.3 Å². The lowest BCUT2D eigenvalue weighted by atomic mass is 9.99.